The lowest BCUT2D eigenvalue weighted by Crippen LogP contribution is -1.98. The molecule has 0 aromatic heterocycles. The molecule has 0 aliphatic carbocycles. The average molecular weight is 171 g/mol. The maximum Gasteiger partial charge on any atom is 0.238 e. The molecule has 0 bridgehead atoms. The van der Waals surface area contributed by atoms with Gasteiger partial charge in [0.2, 0.25) is 6.43 Å². The fourth-order valence-electron chi connectivity index (χ4n) is 0.698. The third kappa shape index (κ3) is 6.27. The van der Waals surface area contributed by atoms with Gasteiger partial charge >= 0.3 is 0 Å². The summed E-state index contributed by atoms with van der Waals surface area (Å²) in [6, 6.07) is 0. The van der Waals surface area contributed by atoms with Crippen molar-refractivity contribution in [3.05, 3.63) is 0 Å². The zero-order valence-corrected chi connectivity index (χ0v) is 6.87. The Morgan fingerprint density at radius 3 is 2.30 bits per heavy atom. The molecule has 0 aromatic rings. The van der Waals surface area contributed by atoms with Gasteiger partial charge in [0.1, 0.15) is 0 Å². The van der Waals surface area contributed by atoms with Crippen LogP contribution in [0.2, 0.25) is 0 Å². The topological polar surface area (TPSA) is 0 Å². The molecule has 0 N–H and O–H groups in total. The summed E-state index contributed by atoms with van der Waals surface area (Å²) in [5.41, 5.74) is 0. The Morgan fingerprint density at radius 2 is 1.90 bits per heavy atom. The number of rotatable bonds is 5. The molecule has 0 saturated heterocycles. The minimum atomic E-state index is -2.15. The molecule has 3 heteroatoms. The second-order valence-corrected chi connectivity index (χ2v) is 2.89. The fourth-order valence-corrected chi connectivity index (χ4v) is 0.852. The summed E-state index contributed by atoms with van der Waals surface area (Å²) < 4.78 is 23.1. The lowest BCUT2D eigenvalue weighted by molar-refractivity contribution is 0.132. The normalized spacial score (nSPS) is 14.1. The van der Waals surface area contributed by atoms with E-state index < -0.39 is 6.43 Å². The largest absolute Gasteiger partial charge is 0.238 e. The highest BCUT2D eigenvalue weighted by molar-refractivity contribution is 6.18. The van der Waals surface area contributed by atoms with Crippen molar-refractivity contribution in [2.45, 2.75) is 32.6 Å². The molecule has 0 spiro atoms. The van der Waals surface area contributed by atoms with Gasteiger partial charge in [0.05, 0.1) is 0 Å². The van der Waals surface area contributed by atoms with E-state index in [0.717, 1.165) is 6.42 Å². The van der Waals surface area contributed by atoms with Crippen LogP contribution in [0.5, 0.6) is 0 Å². The molecule has 62 valence electrons. The maximum atomic E-state index is 11.6. The van der Waals surface area contributed by atoms with Crippen LogP contribution in [0.3, 0.4) is 0 Å². The summed E-state index contributed by atoms with van der Waals surface area (Å²) in [6.45, 7) is 1.97. The molecule has 0 aliphatic rings. The number of hydrogen-bond donors (Lipinski definition) is 0. The summed E-state index contributed by atoms with van der Waals surface area (Å²) >= 11 is 5.48. The molecule has 0 fully saturated rings. The van der Waals surface area contributed by atoms with Gasteiger partial charge in [-0.3, -0.25) is 0 Å². The molecule has 0 nitrogen and oxygen atoms in total. The SMILES string of the molecule is CC(CCl)CCCC(F)F. The number of alkyl halides is 3. The molecular weight excluding hydrogens is 158 g/mol. The van der Waals surface area contributed by atoms with Gasteiger partial charge < -0.3 is 0 Å². The van der Waals surface area contributed by atoms with E-state index in [9.17, 15) is 8.78 Å². The van der Waals surface area contributed by atoms with Crippen LogP contribution in [0.25, 0.3) is 0 Å². The van der Waals surface area contributed by atoms with E-state index in [2.05, 4.69) is 0 Å². The van der Waals surface area contributed by atoms with Crippen molar-refractivity contribution in [1.29, 1.82) is 0 Å². The quantitative estimate of drug-likeness (QED) is 0.556. The highest BCUT2D eigenvalue weighted by Gasteiger charge is 2.04. The average Bonchev–Trinajstić information content (AvgIpc) is 1.87. The van der Waals surface area contributed by atoms with E-state index in [1.165, 1.54) is 0 Å². The summed E-state index contributed by atoms with van der Waals surface area (Å²) in [5.74, 6) is 0.948. The van der Waals surface area contributed by atoms with Crippen LogP contribution >= 0.6 is 11.6 Å². The van der Waals surface area contributed by atoms with Gasteiger partial charge in [0, 0.05) is 12.3 Å². The molecule has 0 rings (SSSR count). The zero-order chi connectivity index (χ0) is 7.98. The van der Waals surface area contributed by atoms with Gasteiger partial charge in [-0.1, -0.05) is 6.92 Å². The van der Waals surface area contributed by atoms with Gasteiger partial charge in [-0.05, 0) is 18.8 Å². The predicted molar refractivity (Wildman–Crippen MR) is 39.7 cm³/mol. The monoisotopic (exact) mass is 170 g/mol. The van der Waals surface area contributed by atoms with Crippen LogP contribution in [0.15, 0.2) is 0 Å². The molecule has 1 unspecified atom stereocenters. The molecule has 1 atom stereocenters. The van der Waals surface area contributed by atoms with E-state index in [-0.39, 0.29) is 6.42 Å². The Labute approximate surface area is 65.6 Å². The number of halogens is 3. The van der Waals surface area contributed by atoms with E-state index in [4.69, 9.17) is 11.6 Å². The predicted octanol–water partition coefficient (Wildman–Crippen LogP) is 3.30. The van der Waals surface area contributed by atoms with Gasteiger partial charge in [-0.15, -0.1) is 11.6 Å². The lowest BCUT2D eigenvalue weighted by atomic mass is 10.1. The minimum Gasteiger partial charge on any atom is -0.211 e. The Morgan fingerprint density at radius 1 is 1.30 bits per heavy atom. The van der Waals surface area contributed by atoms with Crippen LogP contribution in [-0.2, 0) is 0 Å². The summed E-state index contributed by atoms with van der Waals surface area (Å²) in [7, 11) is 0. The first-order chi connectivity index (χ1) is 4.66. The highest BCUT2D eigenvalue weighted by atomic mass is 35.5. The van der Waals surface area contributed by atoms with Crippen molar-refractivity contribution in [3.63, 3.8) is 0 Å². The summed E-state index contributed by atoms with van der Waals surface area (Å²) in [4.78, 5) is 0. The molecule has 0 radical (unpaired) electrons. The van der Waals surface area contributed by atoms with Gasteiger partial charge in [0.25, 0.3) is 0 Å². The first kappa shape index (κ1) is 10.2. The van der Waals surface area contributed by atoms with Crippen LogP contribution < -0.4 is 0 Å². The highest BCUT2D eigenvalue weighted by Crippen LogP contribution is 2.12. The van der Waals surface area contributed by atoms with E-state index in [0.29, 0.717) is 18.2 Å². The van der Waals surface area contributed by atoms with Gasteiger partial charge in [-0.2, -0.15) is 0 Å². The van der Waals surface area contributed by atoms with Crippen molar-refractivity contribution in [3.8, 4) is 0 Å². The van der Waals surface area contributed by atoms with Crippen molar-refractivity contribution < 1.29 is 8.78 Å². The molecular formula is C7H13ClF2. The molecule has 0 amide bonds. The molecule has 0 aliphatic heterocycles. The van der Waals surface area contributed by atoms with Crippen molar-refractivity contribution >= 4 is 11.6 Å². The van der Waals surface area contributed by atoms with Crippen LogP contribution in [-0.4, -0.2) is 12.3 Å². The first-order valence-corrected chi connectivity index (χ1v) is 4.04. The van der Waals surface area contributed by atoms with Crippen molar-refractivity contribution in [2.75, 3.05) is 5.88 Å². The van der Waals surface area contributed by atoms with Gasteiger partial charge in [0.15, 0.2) is 0 Å². The van der Waals surface area contributed by atoms with Gasteiger partial charge in [-0.25, -0.2) is 8.78 Å². The van der Waals surface area contributed by atoms with Crippen molar-refractivity contribution in [2.24, 2.45) is 5.92 Å². The lowest BCUT2D eigenvalue weighted by Gasteiger charge is -2.05. The summed E-state index contributed by atoms with van der Waals surface area (Å²) in [5, 5.41) is 0. The Hall–Kier alpha value is 0.150. The third-order valence-corrected chi connectivity index (χ3v) is 1.91. The molecule has 0 saturated carbocycles. The van der Waals surface area contributed by atoms with E-state index in [1.54, 1.807) is 0 Å². The second kappa shape index (κ2) is 5.90. The van der Waals surface area contributed by atoms with Crippen LogP contribution in [0.4, 0.5) is 8.78 Å². The van der Waals surface area contributed by atoms with Crippen LogP contribution in [0.1, 0.15) is 26.2 Å². The van der Waals surface area contributed by atoms with E-state index >= 15 is 0 Å². The zero-order valence-electron chi connectivity index (χ0n) is 6.12. The Balaban J connectivity index is 3.03. The fraction of sp³-hybridized carbons (Fsp3) is 1.00. The maximum absolute atomic E-state index is 11.6. The Bertz CT molecular complexity index is 76.0. The molecule has 0 aromatic carbocycles. The molecule has 10 heavy (non-hydrogen) atoms. The first-order valence-electron chi connectivity index (χ1n) is 3.51. The second-order valence-electron chi connectivity index (χ2n) is 2.58. The van der Waals surface area contributed by atoms with Crippen LogP contribution in [0, 0.1) is 5.92 Å². The molecule has 0 heterocycles. The Kier molecular flexibility index (Phi) is 5.99. The number of hydrogen-bond acceptors (Lipinski definition) is 0. The van der Waals surface area contributed by atoms with E-state index in [1.807, 2.05) is 6.92 Å². The minimum absolute atomic E-state index is 0.0151. The smallest absolute Gasteiger partial charge is 0.211 e. The summed E-state index contributed by atoms with van der Waals surface area (Å²) in [6.07, 6.45) is -0.733. The third-order valence-electron chi connectivity index (χ3n) is 1.38. The standard InChI is InChI=1S/C7H13ClF2/c1-6(5-8)3-2-4-7(9)10/h6-7H,2-5H2,1H3. The van der Waals surface area contributed by atoms with Crippen molar-refractivity contribution in [1.82, 2.24) is 0 Å².